The number of carbonyl (C=O) groups is 1. The number of nitrogens with zero attached hydrogens (tertiary/aromatic N) is 1. The van der Waals surface area contributed by atoms with Crippen molar-refractivity contribution in [1.82, 2.24) is 10.3 Å². The van der Waals surface area contributed by atoms with Crippen LogP contribution in [0.4, 0.5) is 0 Å². The molecule has 0 spiro atoms. The molecule has 1 amide bonds. The van der Waals surface area contributed by atoms with Crippen molar-refractivity contribution >= 4 is 5.91 Å². The predicted octanol–water partition coefficient (Wildman–Crippen LogP) is 2.90. The number of ether oxygens (including phenoxy) is 1. The Morgan fingerprint density at radius 2 is 2.14 bits per heavy atom. The highest BCUT2D eigenvalue weighted by molar-refractivity contribution is 5.77. The summed E-state index contributed by atoms with van der Waals surface area (Å²) >= 11 is 0. The Hall–Kier alpha value is -2.36. The summed E-state index contributed by atoms with van der Waals surface area (Å²) in [4.78, 5) is 15.8. The minimum atomic E-state index is -0.145. The number of amides is 1. The van der Waals surface area contributed by atoms with Gasteiger partial charge in [0.15, 0.2) is 6.61 Å². The van der Waals surface area contributed by atoms with Crippen molar-refractivity contribution in [3.05, 3.63) is 59.9 Å². The van der Waals surface area contributed by atoms with Gasteiger partial charge in [-0.3, -0.25) is 9.78 Å². The minimum absolute atomic E-state index is 0.0157. The Labute approximate surface area is 125 Å². The molecule has 1 N–H and O–H groups in total. The van der Waals surface area contributed by atoms with Gasteiger partial charge in [-0.1, -0.05) is 32.0 Å². The molecule has 0 bridgehead atoms. The van der Waals surface area contributed by atoms with Crippen LogP contribution in [0.15, 0.2) is 48.8 Å². The lowest BCUT2D eigenvalue weighted by Crippen LogP contribution is -2.28. The lowest BCUT2D eigenvalue weighted by molar-refractivity contribution is -0.123. The average molecular weight is 284 g/mol. The number of pyridine rings is 1. The van der Waals surface area contributed by atoms with E-state index in [2.05, 4.69) is 30.2 Å². The van der Waals surface area contributed by atoms with Gasteiger partial charge in [-0.25, -0.2) is 0 Å². The van der Waals surface area contributed by atoms with Crippen LogP contribution in [0.1, 0.15) is 30.9 Å². The van der Waals surface area contributed by atoms with E-state index in [1.807, 2.05) is 30.3 Å². The molecule has 0 aliphatic rings. The van der Waals surface area contributed by atoms with Gasteiger partial charge in [0.1, 0.15) is 5.75 Å². The van der Waals surface area contributed by atoms with E-state index >= 15 is 0 Å². The summed E-state index contributed by atoms with van der Waals surface area (Å²) in [6.45, 7) is 4.73. The molecule has 2 aromatic rings. The van der Waals surface area contributed by atoms with E-state index in [9.17, 15) is 4.79 Å². The van der Waals surface area contributed by atoms with E-state index in [0.29, 0.717) is 12.5 Å². The van der Waals surface area contributed by atoms with Crippen molar-refractivity contribution in [2.45, 2.75) is 26.3 Å². The molecular formula is C17H20N2O2. The van der Waals surface area contributed by atoms with Crippen LogP contribution < -0.4 is 10.1 Å². The molecular weight excluding hydrogens is 264 g/mol. The topological polar surface area (TPSA) is 51.2 Å². The van der Waals surface area contributed by atoms with Crippen LogP contribution in [0.2, 0.25) is 0 Å². The quantitative estimate of drug-likeness (QED) is 0.887. The van der Waals surface area contributed by atoms with Gasteiger partial charge in [-0.2, -0.15) is 0 Å². The number of benzene rings is 1. The van der Waals surface area contributed by atoms with Crippen LogP contribution in [0, 0.1) is 0 Å². The number of carbonyl (C=O) groups excluding carboxylic acids is 1. The van der Waals surface area contributed by atoms with Gasteiger partial charge in [0.25, 0.3) is 5.91 Å². The fourth-order valence-electron chi connectivity index (χ4n) is 1.87. The zero-order valence-electron chi connectivity index (χ0n) is 12.4. The number of nitrogens with one attached hydrogen (secondary N) is 1. The highest BCUT2D eigenvalue weighted by atomic mass is 16.5. The maximum atomic E-state index is 11.8. The molecule has 0 aliphatic carbocycles. The zero-order valence-corrected chi connectivity index (χ0v) is 12.4. The first-order valence-corrected chi connectivity index (χ1v) is 7.03. The van der Waals surface area contributed by atoms with Crippen molar-refractivity contribution in [3.63, 3.8) is 0 Å². The predicted molar refractivity (Wildman–Crippen MR) is 82.1 cm³/mol. The standard InChI is InChI=1S/C17H20N2O2/c1-13(2)15-6-3-7-16(9-15)21-12-17(20)19-11-14-5-4-8-18-10-14/h3-10,13H,11-12H2,1-2H3,(H,19,20). The summed E-state index contributed by atoms with van der Waals surface area (Å²) in [5.74, 6) is 1.01. The van der Waals surface area contributed by atoms with Gasteiger partial charge >= 0.3 is 0 Å². The Balaban J connectivity index is 1.80. The Kier molecular flexibility index (Phi) is 5.32. The van der Waals surface area contributed by atoms with E-state index in [4.69, 9.17) is 4.74 Å². The van der Waals surface area contributed by atoms with E-state index < -0.39 is 0 Å². The summed E-state index contributed by atoms with van der Waals surface area (Å²) in [7, 11) is 0. The van der Waals surface area contributed by atoms with E-state index in [1.165, 1.54) is 5.56 Å². The van der Waals surface area contributed by atoms with Crippen LogP contribution >= 0.6 is 0 Å². The number of hydrogen-bond acceptors (Lipinski definition) is 3. The van der Waals surface area contributed by atoms with Gasteiger partial charge in [0.2, 0.25) is 0 Å². The van der Waals surface area contributed by atoms with Gasteiger partial charge in [-0.05, 0) is 35.2 Å². The first-order valence-electron chi connectivity index (χ1n) is 7.03. The normalized spacial score (nSPS) is 10.4. The molecule has 0 fully saturated rings. The third-order valence-corrected chi connectivity index (χ3v) is 3.11. The molecule has 0 saturated carbocycles. The van der Waals surface area contributed by atoms with Crippen LogP contribution in [0.5, 0.6) is 5.75 Å². The van der Waals surface area contributed by atoms with Crippen molar-refractivity contribution in [2.24, 2.45) is 0 Å². The molecule has 0 radical (unpaired) electrons. The molecule has 1 aromatic heterocycles. The number of rotatable bonds is 6. The smallest absolute Gasteiger partial charge is 0.258 e. The minimum Gasteiger partial charge on any atom is -0.484 e. The van der Waals surface area contributed by atoms with Gasteiger partial charge in [0.05, 0.1) is 0 Å². The molecule has 0 atom stereocenters. The van der Waals surface area contributed by atoms with Crippen molar-refractivity contribution < 1.29 is 9.53 Å². The third-order valence-electron chi connectivity index (χ3n) is 3.11. The first-order chi connectivity index (χ1) is 10.1. The molecule has 0 aliphatic heterocycles. The maximum Gasteiger partial charge on any atom is 0.258 e. The summed E-state index contributed by atoms with van der Waals surface area (Å²) in [6, 6.07) is 11.6. The van der Waals surface area contributed by atoms with Crippen molar-refractivity contribution in [1.29, 1.82) is 0 Å². The Morgan fingerprint density at radius 1 is 1.29 bits per heavy atom. The molecule has 1 aromatic carbocycles. The van der Waals surface area contributed by atoms with E-state index in [-0.39, 0.29) is 12.5 Å². The summed E-state index contributed by atoms with van der Waals surface area (Å²) in [5, 5.41) is 2.80. The van der Waals surface area contributed by atoms with Crippen molar-refractivity contribution in [3.8, 4) is 5.75 Å². The molecule has 0 saturated heterocycles. The van der Waals surface area contributed by atoms with Gasteiger partial charge in [0, 0.05) is 18.9 Å². The molecule has 110 valence electrons. The van der Waals surface area contributed by atoms with Crippen molar-refractivity contribution in [2.75, 3.05) is 6.61 Å². The van der Waals surface area contributed by atoms with Gasteiger partial charge in [-0.15, -0.1) is 0 Å². The Bertz CT molecular complexity index is 582. The highest BCUT2D eigenvalue weighted by Gasteiger charge is 2.05. The fraction of sp³-hybridized carbons (Fsp3) is 0.294. The highest BCUT2D eigenvalue weighted by Crippen LogP contribution is 2.19. The molecule has 4 nitrogen and oxygen atoms in total. The molecule has 1 heterocycles. The van der Waals surface area contributed by atoms with Gasteiger partial charge < -0.3 is 10.1 Å². The Morgan fingerprint density at radius 3 is 2.86 bits per heavy atom. The summed E-state index contributed by atoms with van der Waals surface area (Å²) in [6.07, 6.45) is 3.43. The number of aromatic nitrogens is 1. The third kappa shape index (κ3) is 4.91. The van der Waals surface area contributed by atoms with E-state index in [0.717, 1.165) is 11.3 Å². The zero-order chi connectivity index (χ0) is 15.1. The second-order valence-corrected chi connectivity index (χ2v) is 5.15. The van der Waals surface area contributed by atoms with Crippen LogP contribution in [-0.4, -0.2) is 17.5 Å². The average Bonchev–Trinajstić information content (AvgIpc) is 2.52. The monoisotopic (exact) mass is 284 g/mol. The molecule has 4 heteroatoms. The van der Waals surface area contributed by atoms with Crippen LogP contribution in [-0.2, 0) is 11.3 Å². The molecule has 2 rings (SSSR count). The van der Waals surface area contributed by atoms with E-state index in [1.54, 1.807) is 12.4 Å². The first kappa shape index (κ1) is 15.0. The lowest BCUT2D eigenvalue weighted by Gasteiger charge is -2.10. The molecule has 21 heavy (non-hydrogen) atoms. The summed E-state index contributed by atoms with van der Waals surface area (Å²) < 4.78 is 5.52. The molecule has 0 unspecified atom stereocenters. The largest absolute Gasteiger partial charge is 0.484 e. The fourth-order valence-corrected chi connectivity index (χ4v) is 1.87. The number of hydrogen-bond donors (Lipinski definition) is 1. The maximum absolute atomic E-state index is 11.8. The van der Waals surface area contributed by atoms with Crippen LogP contribution in [0.25, 0.3) is 0 Å². The van der Waals surface area contributed by atoms with Crippen LogP contribution in [0.3, 0.4) is 0 Å². The second kappa shape index (κ2) is 7.43. The SMILES string of the molecule is CC(C)c1cccc(OCC(=O)NCc2cccnc2)c1. The second-order valence-electron chi connectivity index (χ2n) is 5.15. The lowest BCUT2D eigenvalue weighted by atomic mass is 10.0. The summed E-state index contributed by atoms with van der Waals surface area (Å²) in [5.41, 5.74) is 2.16.